The van der Waals surface area contributed by atoms with Crippen LogP contribution in [-0.4, -0.2) is 38.4 Å². The molecule has 4 rings (SSSR count). The van der Waals surface area contributed by atoms with Gasteiger partial charge in [0.1, 0.15) is 12.0 Å². The molecule has 1 aromatic carbocycles. The van der Waals surface area contributed by atoms with Gasteiger partial charge in [0.25, 0.3) is 0 Å². The number of rotatable bonds is 6. The summed E-state index contributed by atoms with van der Waals surface area (Å²) in [4.78, 5) is 40.2. The molecule has 8 heteroatoms. The zero-order valence-corrected chi connectivity index (χ0v) is 16.7. The number of nitrogens with one attached hydrogen (secondary N) is 2. The Kier molecular flexibility index (Phi) is 5.79. The van der Waals surface area contributed by atoms with Gasteiger partial charge < -0.3 is 15.0 Å². The van der Waals surface area contributed by atoms with Crippen molar-refractivity contribution >= 4 is 34.7 Å². The van der Waals surface area contributed by atoms with Crippen LogP contribution in [0.3, 0.4) is 0 Å². The lowest BCUT2D eigenvalue weighted by atomic mass is 10.1. The number of nitrogens with zero attached hydrogens (tertiary/aromatic N) is 3. The van der Waals surface area contributed by atoms with E-state index in [-0.39, 0.29) is 12.5 Å². The molecule has 31 heavy (non-hydrogen) atoms. The predicted octanol–water partition coefficient (Wildman–Crippen LogP) is 3.85. The van der Waals surface area contributed by atoms with Crippen molar-refractivity contribution in [2.75, 3.05) is 11.9 Å². The Morgan fingerprint density at radius 2 is 2.10 bits per heavy atom. The summed E-state index contributed by atoms with van der Waals surface area (Å²) in [6, 6.07) is 10.9. The quantitative estimate of drug-likeness (QED) is 0.367. The summed E-state index contributed by atoms with van der Waals surface area (Å²) >= 11 is 0. The van der Waals surface area contributed by atoms with Crippen LogP contribution in [0, 0.1) is 0 Å². The minimum absolute atomic E-state index is 0.266. The van der Waals surface area contributed by atoms with Crippen LogP contribution in [0.15, 0.2) is 67.4 Å². The fourth-order valence-electron chi connectivity index (χ4n) is 3.13. The van der Waals surface area contributed by atoms with E-state index >= 15 is 0 Å². The molecule has 0 fully saturated rings. The number of aromatic amines is 1. The lowest BCUT2D eigenvalue weighted by molar-refractivity contribution is -0.111. The third-order valence-corrected chi connectivity index (χ3v) is 4.48. The molecule has 0 atom stereocenters. The highest BCUT2D eigenvalue weighted by molar-refractivity contribution is 6.08. The van der Waals surface area contributed by atoms with E-state index < -0.39 is 5.97 Å². The first-order chi connectivity index (χ1) is 15.2. The van der Waals surface area contributed by atoms with Crippen LogP contribution in [0.25, 0.3) is 28.4 Å². The summed E-state index contributed by atoms with van der Waals surface area (Å²) < 4.78 is 5.14. The largest absolute Gasteiger partial charge is 0.462 e. The maximum atomic E-state index is 12.3. The number of pyridine rings is 1. The second-order valence-corrected chi connectivity index (χ2v) is 6.56. The third kappa shape index (κ3) is 4.48. The summed E-state index contributed by atoms with van der Waals surface area (Å²) in [7, 11) is 0. The van der Waals surface area contributed by atoms with Crippen LogP contribution in [0.2, 0.25) is 0 Å². The van der Waals surface area contributed by atoms with E-state index in [0.717, 1.165) is 11.1 Å². The first-order valence-electron chi connectivity index (χ1n) is 9.64. The van der Waals surface area contributed by atoms with Gasteiger partial charge in [-0.15, -0.1) is 0 Å². The highest BCUT2D eigenvalue weighted by Crippen LogP contribution is 2.30. The molecule has 0 aliphatic heterocycles. The Morgan fingerprint density at radius 3 is 2.90 bits per heavy atom. The molecule has 2 N–H and O–H groups in total. The number of H-pyrrole nitrogens is 1. The van der Waals surface area contributed by atoms with E-state index in [2.05, 4.69) is 25.3 Å². The maximum absolute atomic E-state index is 12.3. The van der Waals surface area contributed by atoms with E-state index in [1.165, 1.54) is 12.4 Å². The fourth-order valence-corrected chi connectivity index (χ4v) is 3.13. The molecule has 0 aliphatic carbocycles. The molecule has 3 aromatic heterocycles. The fraction of sp³-hybridized carbons (Fsp3) is 0.0870. The zero-order valence-electron chi connectivity index (χ0n) is 16.7. The SMILES string of the molecule is CCOC(=O)c1c[nH]c2ncnc(-c3cccc(NC(=O)/C=C/c4cccnc4)c3)c12. The molecule has 0 radical (unpaired) electrons. The molecule has 8 nitrogen and oxygen atoms in total. The molecule has 0 saturated carbocycles. The van der Waals surface area contributed by atoms with Crippen molar-refractivity contribution in [3.05, 3.63) is 78.5 Å². The van der Waals surface area contributed by atoms with Gasteiger partial charge >= 0.3 is 5.97 Å². The first-order valence-corrected chi connectivity index (χ1v) is 9.64. The van der Waals surface area contributed by atoms with Crippen LogP contribution in [-0.2, 0) is 9.53 Å². The van der Waals surface area contributed by atoms with E-state index in [4.69, 9.17) is 4.74 Å². The summed E-state index contributed by atoms with van der Waals surface area (Å²) in [6.45, 7) is 2.02. The van der Waals surface area contributed by atoms with Gasteiger partial charge in [-0.2, -0.15) is 0 Å². The van der Waals surface area contributed by atoms with Crippen LogP contribution < -0.4 is 5.32 Å². The lowest BCUT2D eigenvalue weighted by Crippen LogP contribution is -2.08. The standard InChI is InChI=1S/C23H19N5O3/c1-2-31-23(30)18-13-25-22-20(18)21(26-14-27-22)16-6-3-7-17(11-16)28-19(29)9-8-15-5-4-10-24-12-15/h3-14H,2H2,1H3,(H,28,29)(H,25,26,27)/b9-8+. The Balaban J connectivity index is 1.62. The number of anilines is 1. The number of aromatic nitrogens is 4. The van der Waals surface area contributed by atoms with Crippen LogP contribution >= 0.6 is 0 Å². The monoisotopic (exact) mass is 413 g/mol. The Labute approximate surface area is 178 Å². The van der Waals surface area contributed by atoms with Crippen molar-refractivity contribution < 1.29 is 14.3 Å². The number of hydrogen-bond acceptors (Lipinski definition) is 6. The molecule has 0 bridgehead atoms. The number of carbonyl (C=O) groups is 2. The molecule has 0 spiro atoms. The van der Waals surface area contributed by atoms with Crippen molar-refractivity contribution in [2.24, 2.45) is 0 Å². The number of esters is 1. The molecule has 0 saturated heterocycles. The maximum Gasteiger partial charge on any atom is 0.340 e. The van der Waals surface area contributed by atoms with Gasteiger partial charge in [0, 0.05) is 35.9 Å². The number of fused-ring (bicyclic) bond motifs is 1. The zero-order chi connectivity index (χ0) is 21.6. The molecular formula is C23H19N5O3. The van der Waals surface area contributed by atoms with Gasteiger partial charge in [-0.1, -0.05) is 18.2 Å². The number of ether oxygens (including phenoxy) is 1. The molecule has 154 valence electrons. The van der Waals surface area contributed by atoms with Gasteiger partial charge in [-0.3, -0.25) is 9.78 Å². The topological polar surface area (TPSA) is 110 Å². The highest BCUT2D eigenvalue weighted by atomic mass is 16.5. The number of carbonyl (C=O) groups excluding carboxylic acids is 2. The first kappa shape index (κ1) is 20.0. The lowest BCUT2D eigenvalue weighted by Gasteiger charge is -2.08. The highest BCUT2D eigenvalue weighted by Gasteiger charge is 2.19. The van der Waals surface area contributed by atoms with Crippen LogP contribution in [0.5, 0.6) is 0 Å². The smallest absolute Gasteiger partial charge is 0.340 e. The molecule has 1 amide bonds. The third-order valence-electron chi connectivity index (χ3n) is 4.48. The van der Waals surface area contributed by atoms with Gasteiger partial charge in [-0.05, 0) is 36.8 Å². The summed E-state index contributed by atoms with van der Waals surface area (Å²) in [6.07, 6.45) is 9.46. The van der Waals surface area contributed by atoms with Crippen LogP contribution in [0.4, 0.5) is 5.69 Å². The number of amides is 1. The van der Waals surface area contributed by atoms with Gasteiger partial charge in [-0.25, -0.2) is 14.8 Å². The van der Waals surface area contributed by atoms with Crippen molar-refractivity contribution in [3.8, 4) is 11.3 Å². The number of hydrogen-bond donors (Lipinski definition) is 2. The van der Waals surface area contributed by atoms with E-state index in [9.17, 15) is 9.59 Å². The minimum Gasteiger partial charge on any atom is -0.462 e. The number of benzene rings is 1. The van der Waals surface area contributed by atoms with Crippen molar-refractivity contribution in [1.82, 2.24) is 19.9 Å². The predicted molar refractivity (Wildman–Crippen MR) is 117 cm³/mol. The normalized spacial score (nSPS) is 11.0. The molecule has 0 unspecified atom stereocenters. The summed E-state index contributed by atoms with van der Waals surface area (Å²) in [5.41, 5.74) is 3.61. The van der Waals surface area contributed by atoms with Crippen molar-refractivity contribution in [1.29, 1.82) is 0 Å². The Hall–Kier alpha value is -4.33. The van der Waals surface area contributed by atoms with Crippen molar-refractivity contribution in [2.45, 2.75) is 6.92 Å². The Morgan fingerprint density at radius 1 is 1.19 bits per heavy atom. The van der Waals surface area contributed by atoms with Gasteiger partial charge in [0.2, 0.25) is 5.91 Å². The average Bonchev–Trinajstić information content (AvgIpc) is 3.23. The summed E-state index contributed by atoms with van der Waals surface area (Å²) in [5, 5.41) is 3.40. The molecule has 4 aromatic rings. The van der Waals surface area contributed by atoms with Gasteiger partial charge in [0.15, 0.2) is 0 Å². The molecule has 3 heterocycles. The van der Waals surface area contributed by atoms with E-state index in [1.54, 1.807) is 55.9 Å². The second kappa shape index (κ2) is 9.00. The minimum atomic E-state index is -0.449. The van der Waals surface area contributed by atoms with Gasteiger partial charge in [0.05, 0.1) is 23.3 Å². The van der Waals surface area contributed by atoms with Crippen molar-refractivity contribution in [3.63, 3.8) is 0 Å². The van der Waals surface area contributed by atoms with Crippen LogP contribution in [0.1, 0.15) is 22.8 Å². The summed E-state index contributed by atoms with van der Waals surface area (Å²) in [5.74, 6) is -0.725. The average molecular weight is 413 g/mol. The van der Waals surface area contributed by atoms with E-state index in [1.807, 2.05) is 12.1 Å². The second-order valence-electron chi connectivity index (χ2n) is 6.56. The Bertz CT molecular complexity index is 1260. The van der Waals surface area contributed by atoms with E-state index in [0.29, 0.717) is 28.0 Å². The molecular weight excluding hydrogens is 394 g/mol. The molecule has 0 aliphatic rings.